The number of benzene rings is 1. The molecule has 1 atom stereocenters. The van der Waals surface area contributed by atoms with E-state index < -0.39 is 22.2 Å². The van der Waals surface area contributed by atoms with Crippen molar-refractivity contribution in [1.29, 1.82) is 0 Å². The fourth-order valence-electron chi connectivity index (χ4n) is 2.21. The van der Waals surface area contributed by atoms with Gasteiger partial charge in [0.05, 0.1) is 35.4 Å². The molecular weight excluding hydrogens is 298 g/mol. The van der Waals surface area contributed by atoms with Gasteiger partial charge in [0, 0.05) is 0 Å². The highest BCUT2D eigenvalue weighted by atomic mass is 16.6. The topological polar surface area (TPSA) is 70.8 Å². The third-order valence-electron chi connectivity index (χ3n) is 2.89. The second-order valence-electron chi connectivity index (χ2n) is 7.41. The molecule has 0 aliphatic rings. The molecule has 6 nitrogen and oxygen atoms in total. The Morgan fingerprint density at radius 2 is 1.61 bits per heavy atom. The van der Waals surface area contributed by atoms with Crippen LogP contribution in [0.5, 0.6) is 11.5 Å². The molecule has 1 rings (SSSR count). The Kier molecular flexibility index (Phi) is 5.64. The van der Waals surface area contributed by atoms with Crippen molar-refractivity contribution < 1.29 is 19.1 Å². The lowest BCUT2D eigenvalue weighted by atomic mass is 10.1. The maximum Gasteiger partial charge on any atom is 0.279 e. The summed E-state index contributed by atoms with van der Waals surface area (Å²) in [6.07, 6.45) is -0.451. The maximum atomic E-state index is 11.5. The van der Waals surface area contributed by atoms with Crippen molar-refractivity contribution in [1.82, 2.24) is 0 Å². The first-order valence-electron chi connectivity index (χ1n) is 7.57. The molecule has 0 fully saturated rings. The zero-order valence-electron chi connectivity index (χ0n) is 15.2. The van der Waals surface area contributed by atoms with E-state index in [-0.39, 0.29) is 5.69 Å². The molecule has 23 heavy (non-hydrogen) atoms. The van der Waals surface area contributed by atoms with Crippen LogP contribution in [0.2, 0.25) is 0 Å². The number of nitro groups is 1. The first kappa shape index (κ1) is 19.2. The SMILES string of the molecule is COc1cc(C(C)OC(C)(C)C)c([N+](=O)[O-])cc1OC(C)(C)C. The maximum absolute atomic E-state index is 11.5. The summed E-state index contributed by atoms with van der Waals surface area (Å²) in [5.41, 5.74) is -0.484. The molecular formula is C17H27NO5. The summed E-state index contributed by atoms with van der Waals surface area (Å²) >= 11 is 0. The summed E-state index contributed by atoms with van der Waals surface area (Å²) in [6.45, 7) is 13.1. The Morgan fingerprint density at radius 1 is 1.04 bits per heavy atom. The monoisotopic (exact) mass is 325 g/mol. The van der Waals surface area contributed by atoms with Gasteiger partial charge in [-0.05, 0) is 54.5 Å². The Bertz CT molecular complexity index is 570. The highest BCUT2D eigenvalue weighted by Crippen LogP contribution is 2.40. The molecule has 0 aliphatic carbocycles. The second-order valence-corrected chi connectivity index (χ2v) is 7.41. The lowest BCUT2D eigenvalue weighted by Crippen LogP contribution is -2.24. The Balaban J connectivity index is 3.38. The molecule has 1 aromatic rings. The van der Waals surface area contributed by atoms with Gasteiger partial charge in [-0.1, -0.05) is 0 Å². The van der Waals surface area contributed by atoms with E-state index in [0.717, 1.165) is 0 Å². The van der Waals surface area contributed by atoms with Crippen molar-refractivity contribution >= 4 is 5.69 Å². The minimum Gasteiger partial charge on any atom is -0.493 e. The average molecular weight is 325 g/mol. The van der Waals surface area contributed by atoms with Crippen molar-refractivity contribution in [3.63, 3.8) is 0 Å². The van der Waals surface area contributed by atoms with E-state index in [1.807, 2.05) is 41.5 Å². The zero-order valence-corrected chi connectivity index (χ0v) is 15.2. The van der Waals surface area contributed by atoms with E-state index in [9.17, 15) is 10.1 Å². The van der Waals surface area contributed by atoms with Gasteiger partial charge in [0.1, 0.15) is 5.60 Å². The Labute approximate surface area is 137 Å². The van der Waals surface area contributed by atoms with E-state index in [1.165, 1.54) is 13.2 Å². The number of rotatable bonds is 5. The Morgan fingerprint density at radius 3 is 2.00 bits per heavy atom. The van der Waals surface area contributed by atoms with Crippen LogP contribution >= 0.6 is 0 Å². The number of ether oxygens (including phenoxy) is 3. The molecule has 0 spiro atoms. The number of methoxy groups -OCH3 is 1. The molecule has 0 saturated carbocycles. The van der Waals surface area contributed by atoms with Crippen molar-refractivity contribution in [3.8, 4) is 11.5 Å². The molecule has 0 bridgehead atoms. The quantitative estimate of drug-likeness (QED) is 0.582. The molecule has 0 N–H and O–H groups in total. The van der Waals surface area contributed by atoms with Crippen molar-refractivity contribution in [2.24, 2.45) is 0 Å². The van der Waals surface area contributed by atoms with Crippen LogP contribution < -0.4 is 9.47 Å². The molecule has 0 aliphatic heterocycles. The van der Waals surface area contributed by atoms with E-state index in [2.05, 4.69) is 0 Å². The average Bonchev–Trinajstić information content (AvgIpc) is 2.34. The van der Waals surface area contributed by atoms with Gasteiger partial charge in [-0.2, -0.15) is 0 Å². The summed E-state index contributed by atoms with van der Waals surface area (Å²) in [5, 5.41) is 11.5. The van der Waals surface area contributed by atoms with Crippen LogP contribution in [0, 0.1) is 10.1 Å². The molecule has 0 radical (unpaired) electrons. The highest BCUT2D eigenvalue weighted by Gasteiger charge is 2.28. The second kappa shape index (κ2) is 6.74. The Hall–Kier alpha value is -1.82. The summed E-state index contributed by atoms with van der Waals surface area (Å²) in [5.74, 6) is 0.795. The van der Waals surface area contributed by atoms with E-state index in [4.69, 9.17) is 14.2 Å². The van der Waals surface area contributed by atoms with E-state index in [1.54, 1.807) is 13.0 Å². The summed E-state index contributed by atoms with van der Waals surface area (Å²) in [6, 6.07) is 3.03. The largest absolute Gasteiger partial charge is 0.493 e. The predicted octanol–water partition coefficient (Wildman–Crippen LogP) is 4.66. The molecule has 0 aromatic heterocycles. The molecule has 0 amide bonds. The lowest BCUT2D eigenvalue weighted by molar-refractivity contribution is -0.386. The van der Waals surface area contributed by atoms with Gasteiger partial charge in [0.25, 0.3) is 5.69 Å². The standard InChI is InChI=1S/C17H27NO5/c1-11(22-16(2,3)4)12-9-14(21-8)15(23-17(5,6)7)10-13(12)18(19)20/h9-11H,1-8H3. The molecule has 1 unspecified atom stereocenters. The summed E-state index contributed by atoms with van der Waals surface area (Å²) in [7, 11) is 1.51. The molecule has 0 heterocycles. The first-order chi connectivity index (χ1) is 10.3. The first-order valence-corrected chi connectivity index (χ1v) is 7.57. The van der Waals surface area contributed by atoms with Gasteiger partial charge in [-0.25, -0.2) is 0 Å². The van der Waals surface area contributed by atoms with Gasteiger partial charge < -0.3 is 14.2 Å². The number of nitro benzene ring substituents is 1. The lowest BCUT2D eigenvalue weighted by Gasteiger charge is -2.26. The van der Waals surface area contributed by atoms with Crippen molar-refractivity contribution in [2.75, 3.05) is 7.11 Å². The van der Waals surface area contributed by atoms with Crippen molar-refractivity contribution in [2.45, 2.75) is 65.8 Å². The van der Waals surface area contributed by atoms with Gasteiger partial charge >= 0.3 is 0 Å². The van der Waals surface area contributed by atoms with Crippen LogP contribution in [0.15, 0.2) is 12.1 Å². The van der Waals surface area contributed by atoms with Crippen LogP contribution in [-0.2, 0) is 4.74 Å². The number of nitrogens with zero attached hydrogens (tertiary/aromatic N) is 1. The van der Waals surface area contributed by atoms with Crippen LogP contribution in [0.3, 0.4) is 0 Å². The van der Waals surface area contributed by atoms with Crippen LogP contribution in [-0.4, -0.2) is 23.2 Å². The van der Waals surface area contributed by atoms with Crippen LogP contribution in [0.4, 0.5) is 5.69 Å². The fourth-order valence-corrected chi connectivity index (χ4v) is 2.21. The highest BCUT2D eigenvalue weighted by molar-refractivity contribution is 5.55. The minimum atomic E-state index is -0.490. The van der Waals surface area contributed by atoms with Gasteiger partial charge in [-0.3, -0.25) is 10.1 Å². The minimum absolute atomic E-state index is 0.0400. The zero-order chi connectivity index (χ0) is 18.0. The third-order valence-corrected chi connectivity index (χ3v) is 2.89. The molecule has 0 saturated heterocycles. The van der Waals surface area contributed by atoms with Crippen LogP contribution in [0.1, 0.15) is 60.1 Å². The van der Waals surface area contributed by atoms with Gasteiger partial charge in [-0.15, -0.1) is 0 Å². The smallest absolute Gasteiger partial charge is 0.279 e. The summed E-state index contributed by atoms with van der Waals surface area (Å²) in [4.78, 5) is 11.0. The van der Waals surface area contributed by atoms with Crippen molar-refractivity contribution in [3.05, 3.63) is 27.8 Å². The summed E-state index contributed by atoms with van der Waals surface area (Å²) < 4.78 is 17.0. The van der Waals surface area contributed by atoms with Gasteiger partial charge in [0.15, 0.2) is 11.5 Å². The molecule has 1 aromatic carbocycles. The number of hydrogen-bond acceptors (Lipinski definition) is 5. The van der Waals surface area contributed by atoms with Gasteiger partial charge in [0.2, 0.25) is 0 Å². The molecule has 130 valence electrons. The third kappa shape index (κ3) is 5.71. The number of hydrogen-bond donors (Lipinski definition) is 0. The van der Waals surface area contributed by atoms with Crippen LogP contribution in [0.25, 0.3) is 0 Å². The normalized spacial score (nSPS) is 13.6. The molecule has 6 heteroatoms. The van der Waals surface area contributed by atoms with E-state index in [0.29, 0.717) is 17.1 Å². The van der Waals surface area contributed by atoms with E-state index >= 15 is 0 Å². The predicted molar refractivity (Wildman–Crippen MR) is 89.3 cm³/mol. The fraction of sp³-hybridized carbons (Fsp3) is 0.647.